The lowest BCUT2D eigenvalue weighted by Crippen LogP contribution is -2.28. The van der Waals surface area contributed by atoms with E-state index in [4.69, 9.17) is 0 Å². The van der Waals surface area contributed by atoms with Crippen LogP contribution in [0.2, 0.25) is 0 Å². The van der Waals surface area contributed by atoms with E-state index in [0.717, 1.165) is 13.1 Å². The summed E-state index contributed by atoms with van der Waals surface area (Å²) in [6.07, 6.45) is 2.53. The average molecular weight is 219 g/mol. The second kappa shape index (κ2) is 4.98. The number of benzene rings is 1. The van der Waals surface area contributed by atoms with Crippen LogP contribution in [-0.4, -0.2) is 29.7 Å². The summed E-state index contributed by atoms with van der Waals surface area (Å²) in [5.74, 6) is 0. The van der Waals surface area contributed by atoms with Gasteiger partial charge in [-0.3, -0.25) is 4.90 Å². The summed E-state index contributed by atoms with van der Waals surface area (Å²) >= 11 is 0. The van der Waals surface area contributed by atoms with Gasteiger partial charge in [-0.15, -0.1) is 0 Å². The van der Waals surface area contributed by atoms with Gasteiger partial charge in [-0.1, -0.05) is 18.2 Å². The molecular weight excluding hydrogens is 198 g/mol. The van der Waals surface area contributed by atoms with E-state index in [0.29, 0.717) is 0 Å². The number of rotatable bonds is 3. The molecule has 16 heavy (non-hydrogen) atoms. The van der Waals surface area contributed by atoms with Crippen molar-refractivity contribution in [1.29, 1.82) is 0 Å². The standard InChI is InChI=1S/C14H21NO/c1-11-5-6-13(9-12(11)2)14(10-16)15-7-3-4-8-15/h5-6,9,14,16H,3-4,7-8,10H2,1-2H3. The van der Waals surface area contributed by atoms with Gasteiger partial charge in [0, 0.05) is 0 Å². The summed E-state index contributed by atoms with van der Waals surface area (Å²) in [6, 6.07) is 6.72. The third-order valence-electron chi connectivity index (χ3n) is 3.67. The van der Waals surface area contributed by atoms with Gasteiger partial charge in [0.1, 0.15) is 0 Å². The summed E-state index contributed by atoms with van der Waals surface area (Å²) in [5, 5.41) is 9.56. The number of aliphatic hydroxyl groups excluding tert-OH is 1. The molecule has 0 aromatic heterocycles. The Hall–Kier alpha value is -0.860. The number of hydrogen-bond donors (Lipinski definition) is 1. The number of hydrogen-bond acceptors (Lipinski definition) is 2. The van der Waals surface area contributed by atoms with Crippen molar-refractivity contribution < 1.29 is 5.11 Å². The van der Waals surface area contributed by atoms with Crippen molar-refractivity contribution in [2.75, 3.05) is 19.7 Å². The van der Waals surface area contributed by atoms with Gasteiger partial charge in [-0.2, -0.15) is 0 Å². The van der Waals surface area contributed by atoms with Crippen molar-refractivity contribution in [3.05, 3.63) is 34.9 Å². The normalized spacial score (nSPS) is 18.9. The molecule has 1 heterocycles. The van der Waals surface area contributed by atoms with Gasteiger partial charge in [0.25, 0.3) is 0 Å². The summed E-state index contributed by atoms with van der Waals surface area (Å²) < 4.78 is 0. The molecule has 88 valence electrons. The zero-order valence-electron chi connectivity index (χ0n) is 10.2. The monoisotopic (exact) mass is 219 g/mol. The second-order valence-corrected chi connectivity index (χ2v) is 4.79. The van der Waals surface area contributed by atoms with E-state index >= 15 is 0 Å². The highest BCUT2D eigenvalue weighted by molar-refractivity contribution is 5.31. The molecule has 2 nitrogen and oxygen atoms in total. The minimum absolute atomic E-state index is 0.196. The highest BCUT2D eigenvalue weighted by atomic mass is 16.3. The van der Waals surface area contributed by atoms with Crippen molar-refractivity contribution in [1.82, 2.24) is 4.90 Å². The topological polar surface area (TPSA) is 23.5 Å². The third kappa shape index (κ3) is 2.28. The zero-order chi connectivity index (χ0) is 11.5. The van der Waals surface area contributed by atoms with E-state index in [1.807, 2.05) is 0 Å². The van der Waals surface area contributed by atoms with Crippen molar-refractivity contribution in [2.24, 2.45) is 0 Å². The predicted molar refractivity (Wildman–Crippen MR) is 66.5 cm³/mol. The van der Waals surface area contributed by atoms with Crippen LogP contribution in [0.4, 0.5) is 0 Å². The molecule has 0 saturated carbocycles. The highest BCUT2D eigenvalue weighted by Gasteiger charge is 2.22. The number of likely N-dealkylation sites (tertiary alicyclic amines) is 1. The maximum atomic E-state index is 9.56. The fraction of sp³-hybridized carbons (Fsp3) is 0.571. The molecule has 1 saturated heterocycles. The molecule has 1 aromatic rings. The van der Waals surface area contributed by atoms with Crippen LogP contribution >= 0.6 is 0 Å². The summed E-state index contributed by atoms with van der Waals surface area (Å²) in [7, 11) is 0. The molecule has 0 aliphatic carbocycles. The number of aryl methyl sites for hydroxylation is 2. The quantitative estimate of drug-likeness (QED) is 0.844. The van der Waals surface area contributed by atoms with Crippen LogP contribution in [0.15, 0.2) is 18.2 Å². The molecule has 2 heteroatoms. The van der Waals surface area contributed by atoms with Crippen LogP contribution in [0.5, 0.6) is 0 Å². The molecule has 0 radical (unpaired) electrons. The maximum Gasteiger partial charge on any atom is 0.0628 e. The number of aliphatic hydroxyl groups is 1. The Morgan fingerprint density at radius 3 is 2.44 bits per heavy atom. The molecule has 0 amide bonds. The second-order valence-electron chi connectivity index (χ2n) is 4.79. The Kier molecular flexibility index (Phi) is 3.62. The molecule has 1 atom stereocenters. The van der Waals surface area contributed by atoms with E-state index in [9.17, 15) is 5.11 Å². The van der Waals surface area contributed by atoms with Crippen molar-refractivity contribution in [2.45, 2.75) is 32.7 Å². The van der Waals surface area contributed by atoms with Crippen LogP contribution in [-0.2, 0) is 0 Å². The lowest BCUT2D eigenvalue weighted by atomic mass is 10.0. The van der Waals surface area contributed by atoms with Crippen LogP contribution < -0.4 is 0 Å². The Labute approximate surface area is 97.9 Å². The van der Waals surface area contributed by atoms with E-state index in [2.05, 4.69) is 36.9 Å². The molecule has 0 bridgehead atoms. The molecule has 1 aliphatic heterocycles. The van der Waals surface area contributed by atoms with E-state index in [-0.39, 0.29) is 12.6 Å². The van der Waals surface area contributed by atoms with E-state index in [1.54, 1.807) is 0 Å². The molecule has 0 spiro atoms. The Bertz CT molecular complexity index is 356. The lowest BCUT2D eigenvalue weighted by molar-refractivity contribution is 0.147. The van der Waals surface area contributed by atoms with Gasteiger partial charge in [0.2, 0.25) is 0 Å². The fourth-order valence-electron chi connectivity index (χ4n) is 2.46. The first-order valence-corrected chi connectivity index (χ1v) is 6.14. The smallest absolute Gasteiger partial charge is 0.0628 e. The van der Waals surface area contributed by atoms with Gasteiger partial charge >= 0.3 is 0 Å². The fourth-order valence-corrected chi connectivity index (χ4v) is 2.46. The molecule has 1 fully saturated rings. The summed E-state index contributed by atoms with van der Waals surface area (Å²) in [4.78, 5) is 2.39. The Morgan fingerprint density at radius 1 is 1.19 bits per heavy atom. The van der Waals surface area contributed by atoms with E-state index in [1.165, 1.54) is 29.5 Å². The van der Waals surface area contributed by atoms with Crippen LogP contribution in [0.1, 0.15) is 35.6 Å². The van der Waals surface area contributed by atoms with Crippen molar-refractivity contribution in [3.63, 3.8) is 0 Å². The van der Waals surface area contributed by atoms with Gasteiger partial charge in [0.15, 0.2) is 0 Å². The Morgan fingerprint density at radius 2 is 1.88 bits per heavy atom. The Balaban J connectivity index is 2.22. The van der Waals surface area contributed by atoms with E-state index < -0.39 is 0 Å². The largest absolute Gasteiger partial charge is 0.394 e. The first kappa shape index (κ1) is 11.6. The highest BCUT2D eigenvalue weighted by Crippen LogP contribution is 2.25. The first-order valence-electron chi connectivity index (χ1n) is 6.14. The van der Waals surface area contributed by atoms with Gasteiger partial charge in [-0.05, 0) is 56.5 Å². The summed E-state index contributed by atoms with van der Waals surface area (Å²) in [5.41, 5.74) is 3.89. The summed E-state index contributed by atoms with van der Waals surface area (Å²) in [6.45, 7) is 6.74. The zero-order valence-corrected chi connectivity index (χ0v) is 10.2. The van der Waals surface area contributed by atoms with Gasteiger partial charge < -0.3 is 5.11 Å². The van der Waals surface area contributed by atoms with Crippen LogP contribution in [0.3, 0.4) is 0 Å². The minimum atomic E-state index is 0.196. The lowest BCUT2D eigenvalue weighted by Gasteiger charge is -2.26. The first-order chi connectivity index (χ1) is 7.72. The molecule has 1 aliphatic rings. The number of nitrogens with zero attached hydrogens (tertiary/aromatic N) is 1. The molecular formula is C14H21NO. The van der Waals surface area contributed by atoms with Crippen molar-refractivity contribution >= 4 is 0 Å². The van der Waals surface area contributed by atoms with Crippen molar-refractivity contribution in [3.8, 4) is 0 Å². The third-order valence-corrected chi connectivity index (χ3v) is 3.67. The SMILES string of the molecule is Cc1ccc(C(CO)N2CCCC2)cc1C. The predicted octanol–water partition coefficient (Wildman–Crippen LogP) is 2.43. The van der Waals surface area contributed by atoms with Crippen LogP contribution in [0.25, 0.3) is 0 Å². The molecule has 1 N–H and O–H groups in total. The molecule has 1 unspecified atom stereocenters. The molecule has 2 rings (SSSR count). The molecule has 1 aromatic carbocycles. The minimum Gasteiger partial charge on any atom is -0.394 e. The van der Waals surface area contributed by atoms with Gasteiger partial charge in [0.05, 0.1) is 12.6 Å². The van der Waals surface area contributed by atoms with Crippen LogP contribution in [0, 0.1) is 13.8 Å². The maximum absolute atomic E-state index is 9.56. The van der Waals surface area contributed by atoms with Gasteiger partial charge in [-0.25, -0.2) is 0 Å². The average Bonchev–Trinajstić information content (AvgIpc) is 2.78.